The minimum absolute atomic E-state index is 0.203. The summed E-state index contributed by atoms with van der Waals surface area (Å²) in [6.45, 7) is 10.5. The number of fused-ring (bicyclic) bond motifs is 8. The van der Waals surface area contributed by atoms with E-state index in [1.54, 1.807) is 0 Å². The van der Waals surface area contributed by atoms with Crippen molar-refractivity contribution in [2.24, 2.45) is 0 Å². The van der Waals surface area contributed by atoms with Crippen LogP contribution in [0.5, 0.6) is 23.0 Å². The predicted molar refractivity (Wildman–Crippen MR) is 261 cm³/mol. The number of anilines is 2. The van der Waals surface area contributed by atoms with Gasteiger partial charge in [-0.1, -0.05) is 122 Å². The van der Waals surface area contributed by atoms with Gasteiger partial charge in [0.25, 0.3) is 0 Å². The van der Waals surface area contributed by atoms with Crippen molar-refractivity contribution < 1.29 is 38.0 Å². The van der Waals surface area contributed by atoms with Crippen LogP contribution >= 0.6 is 0 Å². The van der Waals surface area contributed by atoms with Crippen LogP contribution < -0.4 is 29.6 Å². The van der Waals surface area contributed by atoms with E-state index in [1.807, 2.05) is 62.4 Å². The summed E-state index contributed by atoms with van der Waals surface area (Å²) in [7, 11) is 0. The molecule has 344 valence electrons. The number of ether oxygens (including phenoxy) is 6. The lowest BCUT2D eigenvalue weighted by molar-refractivity contribution is 0.150. The predicted octanol–water partition coefficient (Wildman–Crippen LogP) is 12.6. The highest BCUT2D eigenvalue weighted by Crippen LogP contribution is 2.39. The maximum absolute atomic E-state index is 12.6. The zero-order valence-electron chi connectivity index (χ0n) is 38.7. The molecule has 1 aliphatic rings. The molecule has 10 nitrogen and oxygen atoms in total. The fourth-order valence-corrected chi connectivity index (χ4v) is 8.01. The van der Waals surface area contributed by atoms with E-state index in [4.69, 9.17) is 28.4 Å². The van der Waals surface area contributed by atoms with Gasteiger partial charge in [-0.15, -0.1) is 0 Å². The molecule has 0 radical (unpaired) electrons. The number of para-hydroxylation sites is 4. The molecular formula is C56H62N2O8. The largest absolute Gasteiger partial charge is 0.493 e. The molecule has 0 saturated carbocycles. The van der Waals surface area contributed by atoms with Gasteiger partial charge in [-0.25, -0.2) is 9.59 Å². The lowest BCUT2D eigenvalue weighted by atomic mass is 9.91. The average Bonchev–Trinajstić information content (AvgIpc) is 3.31. The molecule has 0 unspecified atom stereocenters. The zero-order chi connectivity index (χ0) is 46.1. The molecule has 66 heavy (non-hydrogen) atoms. The fourth-order valence-electron chi connectivity index (χ4n) is 8.01. The van der Waals surface area contributed by atoms with Gasteiger partial charge in [-0.05, 0) is 95.5 Å². The zero-order valence-corrected chi connectivity index (χ0v) is 38.7. The van der Waals surface area contributed by atoms with E-state index in [2.05, 4.69) is 97.3 Å². The number of rotatable bonds is 18. The van der Waals surface area contributed by atoms with Gasteiger partial charge in [0.05, 0.1) is 39.6 Å². The van der Waals surface area contributed by atoms with Crippen LogP contribution in [-0.4, -0.2) is 51.8 Å². The monoisotopic (exact) mass is 890 g/mol. The Labute approximate surface area is 389 Å². The Morgan fingerprint density at radius 2 is 0.667 bits per heavy atom. The Kier molecular flexibility index (Phi) is 17.0. The highest BCUT2D eigenvalue weighted by atomic mass is 16.6. The van der Waals surface area contributed by atoms with Crippen LogP contribution in [0, 0.1) is 13.8 Å². The van der Waals surface area contributed by atoms with E-state index in [1.165, 1.54) is 0 Å². The molecule has 2 N–H and O–H groups in total. The Morgan fingerprint density at radius 3 is 0.939 bits per heavy atom. The van der Waals surface area contributed by atoms with E-state index in [0.717, 1.165) is 91.5 Å². The standard InChI is InChI=1S/C56H62N2O8/c1-5-29-61-51-41-13-7-14-42(51)36-46-18-10-20-48(54(46)64-32-12-34-66-56(60)58-50-27-23-40(4)24-28-50)38-44-16-8-15-43(52(44)62-30-6-2)37-47-19-9-17-45(35-41)53(47)63-31-11-33-65-55(59)57-49-25-21-39(3)22-26-49/h7-10,13-28H,5-6,11-12,29-38H2,1-4H3,(H,57,59)(H,58,60). The molecule has 6 aromatic rings. The quantitative estimate of drug-likeness (QED) is 0.0819. The number of carbonyl (C=O) groups excluding carboxylic acids is 2. The molecule has 0 aromatic heterocycles. The molecule has 0 saturated heterocycles. The van der Waals surface area contributed by atoms with Crippen molar-refractivity contribution in [3.63, 3.8) is 0 Å². The van der Waals surface area contributed by atoms with Gasteiger partial charge in [0.2, 0.25) is 0 Å². The number of hydrogen-bond donors (Lipinski definition) is 2. The second-order valence-corrected chi connectivity index (χ2v) is 16.7. The highest BCUT2D eigenvalue weighted by molar-refractivity contribution is 5.85. The lowest BCUT2D eigenvalue weighted by Crippen LogP contribution is -2.16. The number of amides is 2. The van der Waals surface area contributed by atoms with Crippen LogP contribution in [0.25, 0.3) is 0 Å². The molecule has 10 heteroatoms. The fraction of sp³-hybridized carbons (Fsp3) is 0.321. The second kappa shape index (κ2) is 23.8. The third-order valence-electron chi connectivity index (χ3n) is 11.3. The Bertz CT molecular complexity index is 2270. The van der Waals surface area contributed by atoms with Gasteiger partial charge < -0.3 is 28.4 Å². The third kappa shape index (κ3) is 13.1. The van der Waals surface area contributed by atoms with E-state index in [0.29, 0.717) is 76.3 Å². The molecule has 2 amide bonds. The highest BCUT2D eigenvalue weighted by Gasteiger charge is 2.22. The number of carbonyl (C=O) groups is 2. The number of hydrogen-bond acceptors (Lipinski definition) is 8. The normalized spacial score (nSPS) is 11.8. The van der Waals surface area contributed by atoms with Crippen LogP contribution in [0.3, 0.4) is 0 Å². The summed E-state index contributed by atoms with van der Waals surface area (Å²) in [5.41, 5.74) is 11.9. The van der Waals surface area contributed by atoms with Gasteiger partial charge >= 0.3 is 12.2 Å². The van der Waals surface area contributed by atoms with Gasteiger partial charge in [0.15, 0.2) is 0 Å². The molecular weight excluding hydrogens is 829 g/mol. The smallest absolute Gasteiger partial charge is 0.411 e. The molecule has 0 atom stereocenters. The van der Waals surface area contributed by atoms with Gasteiger partial charge in [0, 0.05) is 49.9 Å². The Hall–Kier alpha value is -6.94. The maximum atomic E-state index is 12.6. The molecule has 8 bridgehead atoms. The van der Waals surface area contributed by atoms with E-state index in [-0.39, 0.29) is 13.2 Å². The molecule has 6 aromatic carbocycles. The average molecular weight is 891 g/mol. The van der Waals surface area contributed by atoms with E-state index >= 15 is 0 Å². The van der Waals surface area contributed by atoms with Crippen LogP contribution in [-0.2, 0) is 35.2 Å². The second-order valence-electron chi connectivity index (χ2n) is 16.7. The number of nitrogens with one attached hydrogen (secondary N) is 2. The summed E-state index contributed by atoms with van der Waals surface area (Å²) in [6.07, 6.45) is 4.04. The summed E-state index contributed by atoms with van der Waals surface area (Å²) >= 11 is 0. The Balaban J connectivity index is 1.16. The van der Waals surface area contributed by atoms with Crippen LogP contribution in [0.2, 0.25) is 0 Å². The summed E-state index contributed by atoms with van der Waals surface area (Å²) in [4.78, 5) is 25.2. The molecule has 1 aliphatic carbocycles. The van der Waals surface area contributed by atoms with Crippen molar-refractivity contribution in [1.29, 1.82) is 0 Å². The summed E-state index contributed by atoms with van der Waals surface area (Å²) in [6, 6.07) is 40.6. The Morgan fingerprint density at radius 1 is 0.394 bits per heavy atom. The van der Waals surface area contributed by atoms with E-state index in [9.17, 15) is 9.59 Å². The first-order valence-electron chi connectivity index (χ1n) is 23.2. The van der Waals surface area contributed by atoms with Crippen LogP contribution in [0.1, 0.15) is 95.2 Å². The first kappa shape index (κ1) is 47.0. The summed E-state index contributed by atoms with van der Waals surface area (Å²) in [5, 5.41) is 5.59. The minimum atomic E-state index is -0.498. The molecule has 0 heterocycles. The van der Waals surface area contributed by atoms with Crippen molar-refractivity contribution in [3.8, 4) is 23.0 Å². The lowest BCUT2D eigenvalue weighted by Gasteiger charge is -2.23. The first-order valence-corrected chi connectivity index (χ1v) is 23.2. The first-order chi connectivity index (χ1) is 32.3. The molecule has 7 rings (SSSR count). The van der Waals surface area contributed by atoms with E-state index < -0.39 is 12.2 Å². The molecule has 0 aliphatic heterocycles. The van der Waals surface area contributed by atoms with Crippen LogP contribution in [0.15, 0.2) is 121 Å². The summed E-state index contributed by atoms with van der Waals surface area (Å²) in [5.74, 6) is 3.34. The maximum Gasteiger partial charge on any atom is 0.411 e. The van der Waals surface area contributed by atoms with Crippen molar-refractivity contribution in [1.82, 2.24) is 0 Å². The third-order valence-corrected chi connectivity index (χ3v) is 11.3. The summed E-state index contributed by atoms with van der Waals surface area (Å²) < 4.78 is 37.8. The van der Waals surface area contributed by atoms with Gasteiger partial charge in [-0.2, -0.15) is 0 Å². The van der Waals surface area contributed by atoms with Crippen LogP contribution in [0.4, 0.5) is 21.0 Å². The van der Waals surface area contributed by atoms with Crippen molar-refractivity contribution in [2.45, 2.75) is 79.1 Å². The molecule has 0 spiro atoms. The SMILES string of the molecule is CCCOc1c2cccc1Cc1cccc(c1OCCCOC(=O)Nc1ccc(C)cc1)Cc1cccc(c1OCCC)Cc1cccc(c1OCCCOC(=O)Nc1ccc(C)cc1)C2. The number of benzene rings is 6. The van der Waals surface area contributed by atoms with Gasteiger partial charge in [0.1, 0.15) is 23.0 Å². The minimum Gasteiger partial charge on any atom is -0.493 e. The van der Waals surface area contributed by atoms with Crippen molar-refractivity contribution >= 4 is 23.6 Å². The molecule has 0 fully saturated rings. The number of aryl methyl sites for hydroxylation is 2. The van der Waals surface area contributed by atoms with Crippen molar-refractivity contribution in [3.05, 3.63) is 177 Å². The van der Waals surface area contributed by atoms with Crippen molar-refractivity contribution in [2.75, 3.05) is 50.3 Å². The topological polar surface area (TPSA) is 114 Å². The van der Waals surface area contributed by atoms with Gasteiger partial charge in [-0.3, -0.25) is 10.6 Å².